The second kappa shape index (κ2) is 12.0. The first kappa shape index (κ1) is 28.5. The molecule has 0 atom stereocenters. The molecule has 7 rings (SSSR count). The summed E-state index contributed by atoms with van der Waals surface area (Å²) in [7, 11) is 2.15. The average molecular weight is 629 g/mol. The van der Waals surface area contributed by atoms with Crippen molar-refractivity contribution < 1.29 is 0 Å². The van der Waals surface area contributed by atoms with Gasteiger partial charge in [-0.15, -0.1) is 0 Å². The second-order valence-electron chi connectivity index (χ2n) is 11.1. The third-order valence-electron chi connectivity index (χ3n) is 8.18. The number of benzene rings is 2. The predicted molar refractivity (Wildman–Crippen MR) is 177 cm³/mol. The largest absolute Gasteiger partial charge is 0.369 e. The van der Waals surface area contributed by atoms with Crippen LogP contribution in [0.3, 0.4) is 0 Å². The Bertz CT molecular complexity index is 1860. The topological polar surface area (TPSA) is 95.3 Å². The molecule has 2 aliphatic heterocycles. The van der Waals surface area contributed by atoms with Crippen LogP contribution in [0.25, 0.3) is 28.0 Å². The summed E-state index contributed by atoms with van der Waals surface area (Å²) >= 11 is 13.1. The van der Waals surface area contributed by atoms with Crippen molar-refractivity contribution in [1.82, 2.24) is 29.6 Å². The van der Waals surface area contributed by atoms with Gasteiger partial charge in [-0.05, 0) is 68.4 Å². The lowest BCUT2D eigenvalue weighted by Gasteiger charge is -2.34. The van der Waals surface area contributed by atoms with Crippen LogP contribution < -0.4 is 20.7 Å². The van der Waals surface area contributed by atoms with E-state index in [4.69, 9.17) is 38.3 Å². The number of rotatable bonds is 6. The van der Waals surface area contributed by atoms with Gasteiger partial charge in [-0.2, -0.15) is 9.78 Å². The number of piperazine rings is 1. The molecule has 5 heterocycles. The Morgan fingerprint density at radius 2 is 1.50 bits per heavy atom. The molecule has 10 nitrogen and oxygen atoms in total. The van der Waals surface area contributed by atoms with Gasteiger partial charge in [-0.25, -0.2) is 15.0 Å². The molecule has 0 aliphatic carbocycles. The molecule has 0 amide bonds. The lowest BCUT2D eigenvalue weighted by molar-refractivity contribution is 0.313. The van der Waals surface area contributed by atoms with E-state index >= 15 is 0 Å². The van der Waals surface area contributed by atoms with Crippen molar-refractivity contribution in [3.63, 3.8) is 0 Å². The summed E-state index contributed by atoms with van der Waals surface area (Å²) in [5, 5.41) is 8.95. The van der Waals surface area contributed by atoms with Gasteiger partial charge >= 0.3 is 0 Å². The Labute approximate surface area is 264 Å². The van der Waals surface area contributed by atoms with Gasteiger partial charge in [-0.3, -0.25) is 4.79 Å². The molecule has 0 bridgehead atoms. The SMILES string of the molecule is CN1CCN(c2ccc(Nc3ncc4c(=O)n(-c5c(Cl)cccc5Cl)nc(-c5cccc(N6CCCC6)n5)c4n3)cc2)CC1. The van der Waals surface area contributed by atoms with Crippen LogP contribution >= 0.6 is 23.2 Å². The smallest absolute Gasteiger partial charge is 0.282 e. The maximum Gasteiger partial charge on any atom is 0.282 e. The van der Waals surface area contributed by atoms with E-state index < -0.39 is 5.56 Å². The number of para-hydroxylation sites is 1. The van der Waals surface area contributed by atoms with Crippen molar-refractivity contribution in [3.05, 3.63) is 87.3 Å². The van der Waals surface area contributed by atoms with Crippen molar-refractivity contribution in [3.8, 4) is 17.1 Å². The van der Waals surface area contributed by atoms with Gasteiger partial charge < -0.3 is 20.0 Å². The van der Waals surface area contributed by atoms with Crippen molar-refractivity contribution >= 4 is 57.2 Å². The lowest BCUT2D eigenvalue weighted by atomic mass is 10.2. The van der Waals surface area contributed by atoms with Crippen LogP contribution in [-0.2, 0) is 0 Å². The summed E-state index contributed by atoms with van der Waals surface area (Å²) < 4.78 is 1.22. The van der Waals surface area contributed by atoms with E-state index in [9.17, 15) is 4.79 Å². The zero-order valence-corrected chi connectivity index (χ0v) is 25.8. The highest BCUT2D eigenvalue weighted by molar-refractivity contribution is 6.37. The van der Waals surface area contributed by atoms with Crippen LogP contribution in [0.1, 0.15) is 12.8 Å². The van der Waals surface area contributed by atoms with Crippen molar-refractivity contribution in [2.24, 2.45) is 0 Å². The van der Waals surface area contributed by atoms with Gasteiger partial charge in [0.25, 0.3) is 5.56 Å². The normalized spacial score (nSPS) is 15.7. The Morgan fingerprint density at radius 1 is 0.795 bits per heavy atom. The molecule has 0 radical (unpaired) electrons. The van der Waals surface area contributed by atoms with Crippen LogP contribution in [0.2, 0.25) is 10.0 Å². The third kappa shape index (κ3) is 5.56. The van der Waals surface area contributed by atoms with Crippen molar-refractivity contribution in [2.45, 2.75) is 12.8 Å². The molecule has 2 saturated heterocycles. The zero-order chi connectivity index (χ0) is 30.2. The molecular weight excluding hydrogens is 597 g/mol. The summed E-state index contributed by atoms with van der Waals surface area (Å²) in [6, 6.07) is 19.1. The molecule has 0 unspecified atom stereocenters. The molecule has 44 heavy (non-hydrogen) atoms. The molecule has 5 aromatic rings. The minimum absolute atomic E-state index is 0.273. The molecule has 2 aromatic carbocycles. The molecular formula is C32H31Cl2N9O. The molecule has 0 spiro atoms. The van der Waals surface area contributed by atoms with E-state index in [-0.39, 0.29) is 5.39 Å². The number of fused-ring (bicyclic) bond motifs is 1. The molecule has 2 aliphatic rings. The fourth-order valence-electron chi connectivity index (χ4n) is 5.73. The fourth-order valence-corrected chi connectivity index (χ4v) is 6.29. The highest BCUT2D eigenvalue weighted by Gasteiger charge is 2.22. The molecule has 12 heteroatoms. The minimum Gasteiger partial charge on any atom is -0.369 e. The maximum absolute atomic E-state index is 13.8. The van der Waals surface area contributed by atoms with E-state index in [1.165, 1.54) is 16.6 Å². The second-order valence-corrected chi connectivity index (χ2v) is 11.9. The average Bonchev–Trinajstić information content (AvgIpc) is 3.58. The highest BCUT2D eigenvalue weighted by Crippen LogP contribution is 2.31. The number of hydrogen-bond donors (Lipinski definition) is 1. The summed E-state index contributed by atoms with van der Waals surface area (Å²) in [6.07, 6.45) is 3.77. The van der Waals surface area contributed by atoms with Gasteiger partial charge in [0.05, 0.1) is 21.1 Å². The Hall–Kier alpha value is -4.25. The Kier molecular flexibility index (Phi) is 7.80. The predicted octanol–water partition coefficient (Wildman–Crippen LogP) is 5.64. The summed E-state index contributed by atoms with van der Waals surface area (Å²) in [6.45, 7) is 5.98. The number of nitrogens with one attached hydrogen (secondary N) is 1. The number of pyridine rings is 1. The number of likely N-dealkylation sites (N-methyl/N-ethyl adjacent to an activating group) is 1. The molecule has 1 N–H and O–H groups in total. The van der Waals surface area contributed by atoms with Gasteiger partial charge in [0, 0.05) is 56.8 Å². The van der Waals surface area contributed by atoms with Crippen LogP contribution in [0.15, 0.2) is 71.7 Å². The molecule has 2 fully saturated rings. The molecule has 0 saturated carbocycles. The molecule has 3 aromatic heterocycles. The van der Waals surface area contributed by atoms with Gasteiger partial charge in [0.2, 0.25) is 5.95 Å². The van der Waals surface area contributed by atoms with Crippen molar-refractivity contribution in [2.75, 3.05) is 61.4 Å². The Morgan fingerprint density at radius 3 is 2.23 bits per heavy atom. The van der Waals surface area contributed by atoms with Gasteiger partial charge in [-0.1, -0.05) is 35.3 Å². The van der Waals surface area contributed by atoms with Gasteiger partial charge in [0.15, 0.2) is 0 Å². The lowest BCUT2D eigenvalue weighted by Crippen LogP contribution is -2.44. The van der Waals surface area contributed by atoms with E-state index in [0.29, 0.717) is 38.6 Å². The Balaban J connectivity index is 1.30. The van der Waals surface area contributed by atoms with Crippen LogP contribution in [0.5, 0.6) is 0 Å². The van der Waals surface area contributed by atoms with E-state index in [0.717, 1.165) is 63.6 Å². The number of anilines is 4. The zero-order valence-electron chi connectivity index (χ0n) is 24.2. The number of halogens is 2. The molecule has 224 valence electrons. The van der Waals surface area contributed by atoms with Crippen molar-refractivity contribution in [1.29, 1.82) is 0 Å². The highest BCUT2D eigenvalue weighted by atomic mass is 35.5. The van der Waals surface area contributed by atoms with Gasteiger partial charge in [0.1, 0.15) is 22.7 Å². The standard InChI is InChI=1S/C32H31Cl2N9O/c1-40-16-18-41(19-17-40)22-12-10-21(11-13-22)36-32-35-20-23-28(38-32)29(26-8-5-9-27(37-26)42-14-2-3-15-42)39-43(31(23)44)30-24(33)6-4-7-25(30)34/h4-13,20H,2-3,14-19H2,1H3,(H,35,36,38). The first-order valence-electron chi connectivity index (χ1n) is 14.7. The fraction of sp³-hybridized carbons (Fsp3) is 0.281. The maximum atomic E-state index is 13.8. The summed E-state index contributed by atoms with van der Waals surface area (Å²) in [5.74, 6) is 1.20. The monoisotopic (exact) mass is 627 g/mol. The first-order valence-corrected chi connectivity index (χ1v) is 15.5. The summed E-state index contributed by atoms with van der Waals surface area (Å²) in [4.78, 5) is 35.0. The number of hydrogen-bond acceptors (Lipinski definition) is 9. The van der Waals surface area contributed by atoms with E-state index in [1.54, 1.807) is 18.2 Å². The minimum atomic E-state index is -0.433. The third-order valence-corrected chi connectivity index (χ3v) is 8.79. The van der Waals surface area contributed by atoms with Crippen LogP contribution in [0, 0.1) is 0 Å². The number of aromatic nitrogens is 5. The first-order chi connectivity index (χ1) is 21.4. The van der Waals surface area contributed by atoms with Crippen LogP contribution in [-0.4, -0.2) is 75.9 Å². The quantitative estimate of drug-likeness (QED) is 0.256. The van der Waals surface area contributed by atoms with Crippen LogP contribution in [0.4, 0.5) is 23.1 Å². The van der Waals surface area contributed by atoms with E-state index in [2.05, 4.69) is 44.2 Å². The van der Waals surface area contributed by atoms with E-state index in [1.807, 2.05) is 30.3 Å². The summed E-state index contributed by atoms with van der Waals surface area (Å²) in [5.41, 5.74) is 3.26. The number of nitrogens with zero attached hydrogens (tertiary/aromatic N) is 8.